The molecule has 4 rings (SSSR count). The zero-order valence-corrected chi connectivity index (χ0v) is 13.6. The summed E-state index contributed by atoms with van der Waals surface area (Å²) in [6.45, 7) is 4.72. The number of hydrogen-bond acceptors (Lipinski definition) is 6. The Morgan fingerprint density at radius 2 is 1.96 bits per heavy atom. The Morgan fingerprint density at radius 3 is 2.79 bits per heavy atom. The van der Waals surface area contributed by atoms with E-state index in [1.807, 2.05) is 19.2 Å². The number of rotatable bonds is 3. The third-order valence-electron chi connectivity index (χ3n) is 4.16. The van der Waals surface area contributed by atoms with E-state index in [1.54, 1.807) is 12.4 Å². The summed E-state index contributed by atoms with van der Waals surface area (Å²) in [7, 11) is 0. The molecule has 3 aromatic heterocycles. The van der Waals surface area contributed by atoms with Crippen molar-refractivity contribution in [1.82, 2.24) is 29.8 Å². The van der Waals surface area contributed by atoms with E-state index >= 15 is 0 Å². The first-order valence-electron chi connectivity index (χ1n) is 8.03. The van der Waals surface area contributed by atoms with Crippen LogP contribution in [-0.4, -0.2) is 36.4 Å². The fraction of sp³-hybridized carbons (Fsp3) is 0.278. The van der Waals surface area contributed by atoms with Gasteiger partial charge in [0.15, 0.2) is 5.82 Å². The van der Waals surface area contributed by atoms with Crippen LogP contribution in [0, 0.1) is 6.92 Å². The fourth-order valence-electron chi connectivity index (χ4n) is 2.98. The number of pyridine rings is 1. The van der Waals surface area contributed by atoms with Gasteiger partial charge in [0.1, 0.15) is 6.33 Å². The van der Waals surface area contributed by atoms with E-state index in [2.05, 4.69) is 37.0 Å². The molecule has 0 bridgehead atoms. The first-order valence-corrected chi connectivity index (χ1v) is 8.03. The lowest BCUT2D eigenvalue weighted by atomic mass is 10.1. The smallest absolute Gasteiger partial charge is 0.162 e. The van der Waals surface area contributed by atoms with Gasteiger partial charge in [-0.3, -0.25) is 9.88 Å². The topological polar surface area (TPSA) is 67.7 Å². The Kier molecular flexibility index (Phi) is 3.96. The number of fused-ring (bicyclic) bond motifs is 1. The van der Waals surface area contributed by atoms with Gasteiger partial charge < -0.3 is 0 Å². The lowest BCUT2D eigenvalue weighted by Gasteiger charge is -2.27. The lowest BCUT2D eigenvalue weighted by Crippen LogP contribution is -2.31. The van der Waals surface area contributed by atoms with Gasteiger partial charge in [-0.15, -0.1) is 0 Å². The van der Waals surface area contributed by atoms with Crippen molar-refractivity contribution in [2.24, 2.45) is 0 Å². The van der Waals surface area contributed by atoms with Crippen LogP contribution in [0.15, 0.2) is 43.1 Å². The quantitative estimate of drug-likeness (QED) is 0.737. The first kappa shape index (κ1) is 14.8. The Hall–Kier alpha value is -2.73. The van der Waals surface area contributed by atoms with Crippen molar-refractivity contribution in [3.63, 3.8) is 0 Å². The van der Waals surface area contributed by atoms with Gasteiger partial charge in [0.25, 0.3) is 0 Å². The summed E-state index contributed by atoms with van der Waals surface area (Å²) < 4.78 is 0. The highest BCUT2D eigenvalue weighted by atomic mass is 15.1. The molecule has 24 heavy (non-hydrogen) atoms. The summed E-state index contributed by atoms with van der Waals surface area (Å²) in [5, 5.41) is 0. The van der Waals surface area contributed by atoms with Crippen LogP contribution in [0.2, 0.25) is 0 Å². The molecule has 0 N–H and O–H groups in total. The van der Waals surface area contributed by atoms with Gasteiger partial charge in [0, 0.05) is 55.9 Å². The molecule has 0 spiro atoms. The monoisotopic (exact) mass is 318 g/mol. The molecule has 1 aliphatic heterocycles. The Balaban J connectivity index is 1.52. The highest BCUT2D eigenvalue weighted by Gasteiger charge is 2.19. The lowest BCUT2D eigenvalue weighted by molar-refractivity contribution is 0.240. The number of aromatic nitrogens is 5. The predicted molar refractivity (Wildman–Crippen MR) is 89.9 cm³/mol. The van der Waals surface area contributed by atoms with E-state index in [1.165, 1.54) is 11.9 Å². The molecule has 0 unspecified atom stereocenters. The van der Waals surface area contributed by atoms with Gasteiger partial charge in [0.05, 0.1) is 17.0 Å². The average Bonchev–Trinajstić information content (AvgIpc) is 2.62. The second kappa shape index (κ2) is 6.41. The van der Waals surface area contributed by atoms with E-state index in [0.29, 0.717) is 5.82 Å². The molecule has 0 fully saturated rings. The SMILES string of the molecule is Cc1cccc(CN2CCc3nc(-c4cncnc4)ncc3C2)n1. The van der Waals surface area contributed by atoms with Crippen molar-refractivity contribution in [2.45, 2.75) is 26.4 Å². The molecular formula is C18H18N6. The first-order chi connectivity index (χ1) is 11.8. The maximum atomic E-state index is 4.71. The molecule has 0 atom stereocenters. The van der Waals surface area contributed by atoms with E-state index in [0.717, 1.165) is 48.7 Å². The van der Waals surface area contributed by atoms with E-state index in [-0.39, 0.29) is 0 Å². The largest absolute Gasteiger partial charge is 0.293 e. The molecule has 6 nitrogen and oxygen atoms in total. The molecule has 0 amide bonds. The van der Waals surface area contributed by atoms with Crippen molar-refractivity contribution < 1.29 is 0 Å². The van der Waals surface area contributed by atoms with E-state index < -0.39 is 0 Å². The van der Waals surface area contributed by atoms with Crippen molar-refractivity contribution in [1.29, 1.82) is 0 Å². The van der Waals surface area contributed by atoms with Crippen molar-refractivity contribution >= 4 is 0 Å². The molecule has 6 heteroatoms. The van der Waals surface area contributed by atoms with Gasteiger partial charge in [-0.1, -0.05) is 6.07 Å². The highest BCUT2D eigenvalue weighted by Crippen LogP contribution is 2.21. The Morgan fingerprint density at radius 1 is 1.08 bits per heavy atom. The number of aryl methyl sites for hydroxylation is 1. The summed E-state index contributed by atoms with van der Waals surface area (Å²) in [6.07, 6.45) is 7.85. The average molecular weight is 318 g/mol. The second-order valence-electron chi connectivity index (χ2n) is 6.02. The number of nitrogens with zero attached hydrogens (tertiary/aromatic N) is 6. The normalized spacial score (nSPS) is 14.4. The summed E-state index contributed by atoms with van der Waals surface area (Å²) >= 11 is 0. The van der Waals surface area contributed by atoms with Gasteiger partial charge in [-0.05, 0) is 19.1 Å². The summed E-state index contributed by atoms with van der Waals surface area (Å²) in [5.41, 5.74) is 5.33. The minimum absolute atomic E-state index is 0.697. The summed E-state index contributed by atoms with van der Waals surface area (Å²) in [6, 6.07) is 6.17. The molecule has 0 radical (unpaired) electrons. The minimum atomic E-state index is 0.697. The van der Waals surface area contributed by atoms with Crippen LogP contribution in [0.1, 0.15) is 22.6 Å². The molecule has 0 aromatic carbocycles. The van der Waals surface area contributed by atoms with E-state index in [9.17, 15) is 0 Å². The van der Waals surface area contributed by atoms with Gasteiger partial charge >= 0.3 is 0 Å². The maximum Gasteiger partial charge on any atom is 0.162 e. The molecule has 3 aromatic rings. The Bertz CT molecular complexity index is 849. The Labute approximate surface area is 140 Å². The third kappa shape index (κ3) is 3.14. The molecule has 4 heterocycles. The van der Waals surface area contributed by atoms with Crippen molar-refractivity contribution in [3.8, 4) is 11.4 Å². The van der Waals surface area contributed by atoms with Crippen molar-refractivity contribution in [3.05, 3.63) is 65.8 Å². The zero-order valence-electron chi connectivity index (χ0n) is 13.6. The summed E-state index contributed by atoms with van der Waals surface area (Å²) in [4.78, 5) is 24.2. The van der Waals surface area contributed by atoms with Crippen molar-refractivity contribution in [2.75, 3.05) is 6.54 Å². The predicted octanol–water partition coefficient (Wildman–Crippen LogP) is 2.20. The van der Waals surface area contributed by atoms with Crippen LogP contribution in [0.4, 0.5) is 0 Å². The minimum Gasteiger partial charge on any atom is -0.293 e. The molecule has 0 saturated carbocycles. The number of hydrogen-bond donors (Lipinski definition) is 0. The van der Waals surface area contributed by atoms with E-state index in [4.69, 9.17) is 4.98 Å². The molecule has 1 aliphatic rings. The van der Waals surface area contributed by atoms with Crippen LogP contribution >= 0.6 is 0 Å². The zero-order chi connectivity index (χ0) is 16.4. The fourth-order valence-corrected chi connectivity index (χ4v) is 2.98. The molecule has 0 saturated heterocycles. The third-order valence-corrected chi connectivity index (χ3v) is 4.16. The van der Waals surface area contributed by atoms with Crippen LogP contribution in [0.3, 0.4) is 0 Å². The highest BCUT2D eigenvalue weighted by molar-refractivity contribution is 5.52. The van der Waals surface area contributed by atoms with Crippen LogP contribution in [0.25, 0.3) is 11.4 Å². The standard InChI is InChI=1S/C18H18N6/c1-13-3-2-4-16(22-13)11-24-6-5-17-15(10-24)9-21-18(23-17)14-7-19-12-20-8-14/h2-4,7-9,12H,5-6,10-11H2,1H3. The van der Waals surface area contributed by atoms with Gasteiger partial charge in [-0.2, -0.15) is 0 Å². The maximum absolute atomic E-state index is 4.71. The molecule has 120 valence electrons. The van der Waals surface area contributed by atoms with Crippen LogP contribution in [0.5, 0.6) is 0 Å². The molecular weight excluding hydrogens is 300 g/mol. The summed E-state index contributed by atoms with van der Waals surface area (Å²) in [5.74, 6) is 0.697. The second-order valence-corrected chi connectivity index (χ2v) is 6.02. The van der Waals surface area contributed by atoms with Crippen LogP contribution < -0.4 is 0 Å². The molecule has 0 aliphatic carbocycles. The van der Waals surface area contributed by atoms with Crippen LogP contribution in [-0.2, 0) is 19.5 Å². The van der Waals surface area contributed by atoms with Gasteiger partial charge in [0.2, 0.25) is 0 Å². The van der Waals surface area contributed by atoms with Gasteiger partial charge in [-0.25, -0.2) is 19.9 Å².